The highest BCUT2D eigenvalue weighted by Gasteiger charge is 2.12. The van der Waals surface area contributed by atoms with E-state index in [0.717, 1.165) is 0 Å². The van der Waals surface area contributed by atoms with Gasteiger partial charge in [-0.3, -0.25) is 0 Å². The first kappa shape index (κ1) is 19.7. The van der Waals surface area contributed by atoms with E-state index in [9.17, 15) is 13.5 Å². The van der Waals surface area contributed by atoms with Crippen LogP contribution in [0.1, 0.15) is 0 Å². The standard InChI is InChI=1S/C17H21ClN2O4S/c18-14-6-8-17(9-7-14)25(22,23)20-11-10-19-12-15(21)13-24-16-4-2-1-3-5-16/h1-9,15,19-21H,10-13H2. The van der Waals surface area contributed by atoms with Crippen molar-refractivity contribution in [2.24, 2.45) is 0 Å². The fraction of sp³-hybridized carbons (Fsp3) is 0.294. The predicted octanol–water partition coefficient (Wildman–Crippen LogP) is 1.65. The van der Waals surface area contributed by atoms with E-state index < -0.39 is 16.1 Å². The molecule has 0 aliphatic heterocycles. The molecule has 3 N–H and O–H groups in total. The van der Waals surface area contributed by atoms with Crippen LogP contribution in [0.2, 0.25) is 5.02 Å². The van der Waals surface area contributed by atoms with Crippen LogP contribution in [0.3, 0.4) is 0 Å². The summed E-state index contributed by atoms with van der Waals surface area (Å²) in [6.45, 7) is 1.05. The summed E-state index contributed by atoms with van der Waals surface area (Å²) in [7, 11) is -3.56. The highest BCUT2D eigenvalue weighted by Crippen LogP contribution is 2.13. The summed E-state index contributed by atoms with van der Waals surface area (Å²) >= 11 is 5.74. The Morgan fingerprint density at radius 3 is 2.40 bits per heavy atom. The van der Waals surface area contributed by atoms with Gasteiger partial charge in [-0.25, -0.2) is 13.1 Å². The smallest absolute Gasteiger partial charge is 0.240 e. The Hall–Kier alpha value is -1.64. The van der Waals surface area contributed by atoms with Crippen molar-refractivity contribution in [2.75, 3.05) is 26.2 Å². The molecule has 8 heteroatoms. The van der Waals surface area contributed by atoms with Crippen molar-refractivity contribution in [1.29, 1.82) is 0 Å². The number of aliphatic hydroxyl groups excluding tert-OH is 1. The van der Waals surface area contributed by atoms with Gasteiger partial charge in [0.05, 0.1) is 4.90 Å². The van der Waals surface area contributed by atoms with Crippen molar-refractivity contribution in [2.45, 2.75) is 11.0 Å². The Morgan fingerprint density at radius 1 is 1.04 bits per heavy atom. The monoisotopic (exact) mass is 384 g/mol. The van der Waals surface area contributed by atoms with Gasteiger partial charge in [-0.15, -0.1) is 0 Å². The second kappa shape index (κ2) is 9.74. The fourth-order valence-corrected chi connectivity index (χ4v) is 3.17. The molecule has 0 aromatic heterocycles. The molecule has 0 spiro atoms. The molecule has 0 aliphatic rings. The highest BCUT2D eigenvalue weighted by molar-refractivity contribution is 7.89. The third-order valence-corrected chi connectivity index (χ3v) is 5.01. The molecule has 2 aromatic rings. The van der Waals surface area contributed by atoms with Gasteiger partial charge in [-0.05, 0) is 36.4 Å². The highest BCUT2D eigenvalue weighted by atomic mass is 35.5. The molecule has 2 aromatic carbocycles. The zero-order valence-electron chi connectivity index (χ0n) is 13.6. The molecular formula is C17H21ClN2O4S. The lowest BCUT2D eigenvalue weighted by Gasteiger charge is -2.13. The average molecular weight is 385 g/mol. The minimum absolute atomic E-state index is 0.160. The Bertz CT molecular complexity index is 739. The quantitative estimate of drug-likeness (QED) is 0.542. The SMILES string of the molecule is O=S(=O)(NCCNCC(O)COc1ccccc1)c1ccc(Cl)cc1. The van der Waals surface area contributed by atoms with Crippen LogP contribution < -0.4 is 14.8 Å². The van der Waals surface area contributed by atoms with Crippen LogP contribution in [0.25, 0.3) is 0 Å². The number of rotatable bonds is 10. The van der Waals surface area contributed by atoms with E-state index in [1.807, 2.05) is 30.3 Å². The van der Waals surface area contributed by atoms with Crippen molar-refractivity contribution in [1.82, 2.24) is 10.0 Å². The molecule has 0 radical (unpaired) electrons. The molecule has 1 atom stereocenters. The van der Waals surface area contributed by atoms with Gasteiger partial charge in [-0.1, -0.05) is 29.8 Å². The van der Waals surface area contributed by atoms with Gasteiger partial charge >= 0.3 is 0 Å². The molecule has 2 rings (SSSR count). The largest absolute Gasteiger partial charge is 0.491 e. The third-order valence-electron chi connectivity index (χ3n) is 3.28. The average Bonchev–Trinajstić information content (AvgIpc) is 2.61. The maximum atomic E-state index is 12.0. The number of sulfonamides is 1. The summed E-state index contributed by atoms with van der Waals surface area (Å²) in [6, 6.07) is 15.2. The Morgan fingerprint density at radius 2 is 1.72 bits per heavy atom. The van der Waals surface area contributed by atoms with Crippen molar-refractivity contribution >= 4 is 21.6 Å². The fourth-order valence-electron chi connectivity index (χ4n) is 2.01. The molecule has 0 fully saturated rings. The van der Waals surface area contributed by atoms with Gasteiger partial charge in [0.1, 0.15) is 18.5 Å². The molecule has 0 heterocycles. The van der Waals surface area contributed by atoms with Gasteiger partial charge < -0.3 is 15.2 Å². The minimum Gasteiger partial charge on any atom is -0.491 e. The second-order valence-electron chi connectivity index (χ2n) is 5.33. The second-order valence-corrected chi connectivity index (χ2v) is 7.54. The van der Waals surface area contributed by atoms with Crippen LogP contribution >= 0.6 is 11.6 Å². The number of benzene rings is 2. The first-order valence-electron chi connectivity index (χ1n) is 7.79. The predicted molar refractivity (Wildman–Crippen MR) is 97.5 cm³/mol. The molecule has 0 saturated heterocycles. The lowest BCUT2D eigenvalue weighted by atomic mass is 10.3. The third kappa shape index (κ3) is 7.01. The van der Waals surface area contributed by atoms with E-state index >= 15 is 0 Å². The molecular weight excluding hydrogens is 364 g/mol. The molecule has 25 heavy (non-hydrogen) atoms. The zero-order chi connectivity index (χ0) is 18.1. The van der Waals surface area contributed by atoms with Crippen LogP contribution in [0.4, 0.5) is 0 Å². The Labute approximate surface area is 152 Å². The van der Waals surface area contributed by atoms with Crippen LogP contribution in [-0.4, -0.2) is 45.9 Å². The summed E-state index contributed by atoms with van der Waals surface area (Å²) in [5.41, 5.74) is 0. The number of halogens is 1. The van der Waals surface area contributed by atoms with E-state index in [2.05, 4.69) is 10.0 Å². The van der Waals surface area contributed by atoms with Crippen LogP contribution in [0, 0.1) is 0 Å². The van der Waals surface area contributed by atoms with E-state index in [-0.39, 0.29) is 18.0 Å². The normalized spacial score (nSPS) is 12.7. The van der Waals surface area contributed by atoms with Crippen LogP contribution in [-0.2, 0) is 10.0 Å². The summed E-state index contributed by atoms with van der Waals surface area (Å²) in [4.78, 5) is 0.160. The molecule has 0 saturated carbocycles. The van der Waals surface area contributed by atoms with Gasteiger partial charge in [-0.2, -0.15) is 0 Å². The maximum Gasteiger partial charge on any atom is 0.240 e. The first-order chi connectivity index (χ1) is 12.0. The zero-order valence-corrected chi connectivity index (χ0v) is 15.1. The van der Waals surface area contributed by atoms with Gasteiger partial charge in [0.2, 0.25) is 10.0 Å². The van der Waals surface area contributed by atoms with E-state index in [0.29, 0.717) is 23.9 Å². The van der Waals surface area contributed by atoms with Crippen molar-refractivity contribution in [3.63, 3.8) is 0 Å². The van der Waals surface area contributed by atoms with Crippen molar-refractivity contribution in [3.05, 3.63) is 59.6 Å². The summed E-state index contributed by atoms with van der Waals surface area (Å²) < 4.78 is 32.0. The van der Waals surface area contributed by atoms with Gasteiger partial charge in [0.15, 0.2) is 0 Å². The number of hydrogen-bond donors (Lipinski definition) is 3. The maximum absolute atomic E-state index is 12.0. The topological polar surface area (TPSA) is 87.7 Å². The first-order valence-corrected chi connectivity index (χ1v) is 9.65. The van der Waals surface area contributed by atoms with Crippen LogP contribution in [0.15, 0.2) is 59.5 Å². The number of nitrogens with one attached hydrogen (secondary N) is 2. The van der Waals surface area contributed by atoms with Crippen LogP contribution in [0.5, 0.6) is 5.75 Å². The number of hydrogen-bond acceptors (Lipinski definition) is 5. The lowest BCUT2D eigenvalue weighted by Crippen LogP contribution is -2.37. The summed E-state index contributed by atoms with van der Waals surface area (Å²) in [5, 5.41) is 13.3. The molecule has 0 aliphatic carbocycles. The summed E-state index contributed by atoms with van der Waals surface area (Å²) in [5.74, 6) is 0.692. The van der Waals surface area contributed by atoms with E-state index in [4.69, 9.17) is 16.3 Å². The molecule has 0 amide bonds. The van der Waals surface area contributed by atoms with Gasteiger partial charge in [0.25, 0.3) is 0 Å². The van der Waals surface area contributed by atoms with E-state index in [1.54, 1.807) is 0 Å². The molecule has 6 nitrogen and oxygen atoms in total. The number of para-hydroxylation sites is 1. The summed E-state index contributed by atoms with van der Waals surface area (Å²) in [6.07, 6.45) is -0.687. The lowest BCUT2D eigenvalue weighted by molar-refractivity contribution is 0.107. The number of aliphatic hydroxyl groups is 1. The van der Waals surface area contributed by atoms with Gasteiger partial charge in [0, 0.05) is 24.7 Å². The number of ether oxygens (including phenoxy) is 1. The van der Waals surface area contributed by atoms with Crippen molar-refractivity contribution < 1.29 is 18.3 Å². The van der Waals surface area contributed by atoms with E-state index in [1.165, 1.54) is 24.3 Å². The molecule has 136 valence electrons. The molecule has 0 bridgehead atoms. The minimum atomic E-state index is -3.56. The Kier molecular flexibility index (Phi) is 7.67. The van der Waals surface area contributed by atoms with Crippen molar-refractivity contribution in [3.8, 4) is 5.75 Å². The molecule has 1 unspecified atom stereocenters. The Balaban J connectivity index is 1.63.